The van der Waals surface area contributed by atoms with Crippen molar-refractivity contribution in [2.45, 2.75) is 33.4 Å². The largest absolute Gasteiger partial charge is 0.353 e. The first-order chi connectivity index (χ1) is 12.4. The van der Waals surface area contributed by atoms with E-state index >= 15 is 0 Å². The summed E-state index contributed by atoms with van der Waals surface area (Å²) < 4.78 is 3.91. The summed E-state index contributed by atoms with van der Waals surface area (Å²) in [4.78, 5) is 32.6. The zero-order valence-corrected chi connectivity index (χ0v) is 15.8. The third kappa shape index (κ3) is 4.22. The summed E-state index contributed by atoms with van der Waals surface area (Å²) in [5.74, 6) is 1.10. The molecule has 1 fully saturated rings. The lowest BCUT2D eigenvalue weighted by Gasteiger charge is -2.22. The number of aryl methyl sites for hydroxylation is 2. The van der Waals surface area contributed by atoms with Crippen LogP contribution in [0.2, 0.25) is 0 Å². The summed E-state index contributed by atoms with van der Waals surface area (Å²) in [6.45, 7) is 7.97. The molecule has 0 spiro atoms. The lowest BCUT2D eigenvalue weighted by Crippen LogP contribution is -2.37. The number of rotatable bonds is 5. The van der Waals surface area contributed by atoms with E-state index in [1.165, 1.54) is 0 Å². The molecule has 1 saturated heterocycles. The number of Topliss-reactive ketones (excluding diaryl/α,β-unsaturated/α-hetero) is 1. The second kappa shape index (κ2) is 7.86. The minimum Gasteiger partial charge on any atom is -0.353 e. The first-order valence-corrected chi connectivity index (χ1v) is 9.08. The fourth-order valence-electron chi connectivity index (χ4n) is 3.38. The Kier molecular flexibility index (Phi) is 5.56. The first-order valence-electron chi connectivity index (χ1n) is 9.08. The number of carbonyl (C=O) groups is 2. The van der Waals surface area contributed by atoms with E-state index in [1.54, 1.807) is 13.1 Å². The van der Waals surface area contributed by atoms with Gasteiger partial charge < -0.3 is 14.0 Å². The normalized spacial score (nSPS) is 15.9. The SMILES string of the molecule is CC(=O)c1cc(CN2CCCN(C(=O)Cn3ccnc3C)CC2)n(C)c1. The van der Waals surface area contributed by atoms with Crippen LogP contribution in [-0.2, 0) is 24.9 Å². The highest BCUT2D eigenvalue weighted by Crippen LogP contribution is 2.13. The van der Waals surface area contributed by atoms with E-state index in [1.807, 2.05) is 46.5 Å². The Morgan fingerprint density at radius 2 is 2.00 bits per heavy atom. The van der Waals surface area contributed by atoms with E-state index in [4.69, 9.17) is 0 Å². The highest BCUT2D eigenvalue weighted by atomic mass is 16.2. The van der Waals surface area contributed by atoms with Crippen LogP contribution in [0, 0.1) is 6.92 Å². The Labute approximate surface area is 154 Å². The van der Waals surface area contributed by atoms with Crippen LogP contribution in [0.3, 0.4) is 0 Å². The maximum atomic E-state index is 12.6. The molecule has 1 aliphatic rings. The molecule has 1 amide bonds. The van der Waals surface area contributed by atoms with Gasteiger partial charge in [0.15, 0.2) is 5.78 Å². The first kappa shape index (κ1) is 18.4. The van der Waals surface area contributed by atoms with Crippen LogP contribution < -0.4 is 0 Å². The molecule has 140 valence electrons. The smallest absolute Gasteiger partial charge is 0.242 e. The summed E-state index contributed by atoms with van der Waals surface area (Å²) in [6, 6.07) is 1.97. The molecule has 7 nitrogen and oxygen atoms in total. The molecule has 0 saturated carbocycles. The molecular formula is C19H27N5O2. The van der Waals surface area contributed by atoms with Crippen LogP contribution in [0.5, 0.6) is 0 Å². The van der Waals surface area contributed by atoms with E-state index in [0.717, 1.165) is 56.2 Å². The maximum absolute atomic E-state index is 12.6. The van der Waals surface area contributed by atoms with Gasteiger partial charge in [0.05, 0.1) is 0 Å². The monoisotopic (exact) mass is 357 g/mol. The van der Waals surface area contributed by atoms with Gasteiger partial charge in [0, 0.05) is 69.6 Å². The van der Waals surface area contributed by atoms with Crippen LogP contribution in [0.4, 0.5) is 0 Å². The van der Waals surface area contributed by atoms with Crippen molar-refractivity contribution in [1.82, 2.24) is 23.9 Å². The number of imidazole rings is 1. The summed E-state index contributed by atoms with van der Waals surface area (Å²) in [6.07, 6.45) is 6.42. The van der Waals surface area contributed by atoms with Crippen molar-refractivity contribution in [2.75, 3.05) is 26.2 Å². The van der Waals surface area contributed by atoms with Gasteiger partial charge in [0.2, 0.25) is 5.91 Å². The van der Waals surface area contributed by atoms with Crippen molar-refractivity contribution in [2.24, 2.45) is 7.05 Å². The topological polar surface area (TPSA) is 63.4 Å². The number of ketones is 1. The molecular weight excluding hydrogens is 330 g/mol. The van der Waals surface area contributed by atoms with Crippen molar-refractivity contribution >= 4 is 11.7 Å². The second-order valence-corrected chi connectivity index (χ2v) is 7.00. The molecule has 0 aliphatic carbocycles. The molecule has 3 heterocycles. The maximum Gasteiger partial charge on any atom is 0.242 e. The predicted octanol–water partition coefficient (Wildman–Crippen LogP) is 1.47. The van der Waals surface area contributed by atoms with Gasteiger partial charge in [-0.2, -0.15) is 0 Å². The number of carbonyl (C=O) groups excluding carboxylic acids is 2. The zero-order chi connectivity index (χ0) is 18.7. The summed E-state index contributed by atoms with van der Waals surface area (Å²) >= 11 is 0. The van der Waals surface area contributed by atoms with Crippen molar-refractivity contribution in [3.05, 3.63) is 41.7 Å². The molecule has 2 aromatic heterocycles. The molecule has 0 bridgehead atoms. The van der Waals surface area contributed by atoms with Crippen molar-refractivity contribution < 1.29 is 9.59 Å². The molecule has 0 atom stereocenters. The Bertz CT molecular complexity index is 792. The zero-order valence-electron chi connectivity index (χ0n) is 15.8. The van der Waals surface area contributed by atoms with Gasteiger partial charge in [-0.1, -0.05) is 0 Å². The fourth-order valence-corrected chi connectivity index (χ4v) is 3.38. The Balaban J connectivity index is 1.57. The lowest BCUT2D eigenvalue weighted by molar-refractivity contribution is -0.131. The van der Waals surface area contributed by atoms with E-state index < -0.39 is 0 Å². The van der Waals surface area contributed by atoms with Crippen LogP contribution in [0.15, 0.2) is 24.7 Å². The minimum absolute atomic E-state index is 0.0919. The highest BCUT2D eigenvalue weighted by Gasteiger charge is 2.20. The number of hydrogen-bond acceptors (Lipinski definition) is 4. The van der Waals surface area contributed by atoms with Gasteiger partial charge in [0.1, 0.15) is 12.4 Å². The summed E-state index contributed by atoms with van der Waals surface area (Å²) in [7, 11) is 1.98. The van der Waals surface area contributed by atoms with Gasteiger partial charge in [0.25, 0.3) is 0 Å². The fraction of sp³-hybridized carbons (Fsp3) is 0.526. The van der Waals surface area contributed by atoms with Crippen molar-refractivity contribution in [3.63, 3.8) is 0 Å². The quantitative estimate of drug-likeness (QED) is 0.760. The average Bonchev–Trinajstić information content (AvgIpc) is 3.07. The van der Waals surface area contributed by atoms with Crippen molar-refractivity contribution in [1.29, 1.82) is 0 Å². The van der Waals surface area contributed by atoms with Gasteiger partial charge in [-0.15, -0.1) is 0 Å². The van der Waals surface area contributed by atoms with E-state index in [-0.39, 0.29) is 11.7 Å². The highest BCUT2D eigenvalue weighted by molar-refractivity contribution is 5.94. The summed E-state index contributed by atoms with van der Waals surface area (Å²) in [5.41, 5.74) is 1.88. The Hall–Kier alpha value is -2.41. The predicted molar refractivity (Wildman–Crippen MR) is 98.9 cm³/mol. The molecule has 0 aromatic carbocycles. The number of amides is 1. The van der Waals surface area contributed by atoms with Crippen LogP contribution in [0.25, 0.3) is 0 Å². The molecule has 26 heavy (non-hydrogen) atoms. The molecule has 0 unspecified atom stereocenters. The lowest BCUT2D eigenvalue weighted by atomic mass is 10.2. The molecule has 0 radical (unpaired) electrons. The Morgan fingerprint density at radius 1 is 1.19 bits per heavy atom. The Morgan fingerprint density at radius 3 is 2.65 bits per heavy atom. The van der Waals surface area contributed by atoms with Crippen LogP contribution in [0.1, 0.15) is 35.2 Å². The van der Waals surface area contributed by atoms with Gasteiger partial charge in [-0.05, 0) is 26.3 Å². The molecule has 0 N–H and O–H groups in total. The minimum atomic E-state index is 0.0919. The second-order valence-electron chi connectivity index (χ2n) is 7.00. The third-order valence-corrected chi connectivity index (χ3v) is 5.07. The van der Waals surface area contributed by atoms with Gasteiger partial charge in [-0.3, -0.25) is 14.5 Å². The average molecular weight is 357 g/mol. The standard InChI is InChI=1S/C19H27N5O2/c1-15(25)17-11-18(21(3)12-17)13-22-6-4-7-23(10-9-22)19(26)14-24-8-5-20-16(24)2/h5,8,11-12H,4,6-7,9-10,13-14H2,1-3H3. The molecule has 2 aromatic rings. The van der Waals surface area contributed by atoms with Crippen molar-refractivity contribution in [3.8, 4) is 0 Å². The van der Waals surface area contributed by atoms with Crippen LogP contribution >= 0.6 is 0 Å². The number of aromatic nitrogens is 3. The molecule has 7 heteroatoms. The van der Waals surface area contributed by atoms with Gasteiger partial charge >= 0.3 is 0 Å². The third-order valence-electron chi connectivity index (χ3n) is 5.07. The number of nitrogens with zero attached hydrogens (tertiary/aromatic N) is 5. The van der Waals surface area contributed by atoms with E-state index in [2.05, 4.69) is 9.88 Å². The van der Waals surface area contributed by atoms with E-state index in [0.29, 0.717) is 6.54 Å². The summed E-state index contributed by atoms with van der Waals surface area (Å²) in [5, 5.41) is 0. The van der Waals surface area contributed by atoms with E-state index in [9.17, 15) is 9.59 Å². The number of hydrogen-bond donors (Lipinski definition) is 0. The molecule has 3 rings (SSSR count). The molecule has 1 aliphatic heterocycles. The van der Waals surface area contributed by atoms with Crippen LogP contribution in [-0.4, -0.2) is 61.8 Å². The van der Waals surface area contributed by atoms with Gasteiger partial charge in [-0.25, -0.2) is 4.98 Å².